The average Bonchev–Trinajstić information content (AvgIpc) is 3.14. The second-order valence-corrected chi connectivity index (χ2v) is 7.42. The number of nitrogens with one attached hydrogen (secondary N) is 2. The lowest BCUT2D eigenvalue weighted by atomic mass is 9.83. The summed E-state index contributed by atoms with van der Waals surface area (Å²) >= 11 is 0. The fourth-order valence-corrected chi connectivity index (χ4v) is 4.78. The van der Waals surface area contributed by atoms with Crippen molar-refractivity contribution in [2.45, 2.75) is 43.7 Å². The summed E-state index contributed by atoms with van der Waals surface area (Å²) in [4.78, 5) is 3.37. The Morgan fingerprint density at radius 3 is 2.40 bits per heavy atom. The number of hydrogen-bond acceptors (Lipinski definition) is 1. The molecule has 0 amide bonds. The average molecular weight is 338 g/mol. The molecule has 2 fully saturated rings. The van der Waals surface area contributed by atoms with Crippen LogP contribution in [0, 0.1) is 11.6 Å². The van der Waals surface area contributed by atoms with Gasteiger partial charge >= 0.3 is 0 Å². The summed E-state index contributed by atoms with van der Waals surface area (Å²) in [6.07, 6.45) is 4.63. The monoisotopic (exact) mass is 338 g/mol. The molecule has 2 aliphatic rings. The number of fused-ring (bicyclic) bond motifs is 3. The van der Waals surface area contributed by atoms with Crippen LogP contribution in [0.3, 0.4) is 0 Å². The predicted molar refractivity (Wildman–Crippen MR) is 95.6 cm³/mol. The van der Waals surface area contributed by atoms with Crippen LogP contribution in [0.15, 0.2) is 42.5 Å². The van der Waals surface area contributed by atoms with Crippen LogP contribution in [0.5, 0.6) is 0 Å². The molecule has 0 radical (unpaired) electrons. The van der Waals surface area contributed by atoms with Gasteiger partial charge in [-0.1, -0.05) is 12.1 Å². The van der Waals surface area contributed by atoms with Gasteiger partial charge in [-0.3, -0.25) is 0 Å². The van der Waals surface area contributed by atoms with E-state index in [2.05, 4.69) is 10.3 Å². The second kappa shape index (κ2) is 5.67. The molecule has 25 heavy (non-hydrogen) atoms. The van der Waals surface area contributed by atoms with E-state index < -0.39 is 0 Å². The highest BCUT2D eigenvalue weighted by atomic mass is 19.1. The van der Waals surface area contributed by atoms with Crippen LogP contribution in [0.2, 0.25) is 0 Å². The number of benzene rings is 2. The smallest absolute Gasteiger partial charge is 0.125 e. The van der Waals surface area contributed by atoms with Gasteiger partial charge in [-0.05, 0) is 67.5 Å². The van der Waals surface area contributed by atoms with Gasteiger partial charge in [0.05, 0.1) is 5.69 Å². The summed E-state index contributed by atoms with van der Waals surface area (Å²) in [6, 6.07) is 12.7. The second-order valence-electron chi connectivity index (χ2n) is 7.42. The van der Waals surface area contributed by atoms with Crippen molar-refractivity contribution in [3.8, 4) is 11.3 Å². The van der Waals surface area contributed by atoms with Crippen LogP contribution in [0.4, 0.5) is 8.78 Å². The summed E-state index contributed by atoms with van der Waals surface area (Å²) in [5.74, 6) is -0.0913. The summed E-state index contributed by atoms with van der Waals surface area (Å²) in [7, 11) is 0. The first-order valence-electron chi connectivity index (χ1n) is 9.00. The van der Waals surface area contributed by atoms with Crippen LogP contribution >= 0.6 is 0 Å². The topological polar surface area (TPSA) is 27.8 Å². The van der Waals surface area contributed by atoms with Crippen LogP contribution in [0.25, 0.3) is 22.2 Å². The molecular weight excluding hydrogens is 318 g/mol. The Balaban J connectivity index is 1.70. The molecule has 4 heteroatoms. The number of rotatable bonds is 2. The molecule has 0 spiro atoms. The Morgan fingerprint density at radius 1 is 0.880 bits per heavy atom. The van der Waals surface area contributed by atoms with Crippen molar-refractivity contribution in [1.29, 1.82) is 0 Å². The van der Waals surface area contributed by atoms with Crippen molar-refractivity contribution in [2.24, 2.45) is 0 Å². The first kappa shape index (κ1) is 15.1. The number of piperidine rings is 1. The van der Waals surface area contributed by atoms with Gasteiger partial charge < -0.3 is 10.3 Å². The Labute approximate surface area is 145 Å². The summed E-state index contributed by atoms with van der Waals surface area (Å²) < 4.78 is 27.5. The van der Waals surface area contributed by atoms with Crippen LogP contribution in [0.1, 0.15) is 37.2 Å². The zero-order chi connectivity index (χ0) is 17.0. The number of aromatic nitrogens is 1. The van der Waals surface area contributed by atoms with Crippen LogP contribution in [-0.4, -0.2) is 17.1 Å². The molecule has 2 nitrogen and oxygen atoms in total. The van der Waals surface area contributed by atoms with Gasteiger partial charge in [0.25, 0.3) is 0 Å². The van der Waals surface area contributed by atoms with Crippen LogP contribution < -0.4 is 5.32 Å². The Hall–Kier alpha value is -2.20. The minimum absolute atomic E-state index is 0.251. The molecule has 3 heterocycles. The van der Waals surface area contributed by atoms with Crippen molar-refractivity contribution >= 4 is 10.9 Å². The lowest BCUT2D eigenvalue weighted by molar-refractivity contribution is 0.365. The zero-order valence-corrected chi connectivity index (χ0v) is 13.9. The van der Waals surface area contributed by atoms with E-state index in [4.69, 9.17) is 0 Å². The highest BCUT2D eigenvalue weighted by molar-refractivity contribution is 5.91. The molecule has 2 bridgehead atoms. The minimum Gasteiger partial charge on any atom is -0.354 e. The predicted octanol–water partition coefficient (Wildman–Crippen LogP) is 5.11. The molecule has 2 aromatic carbocycles. The molecule has 3 aromatic rings. The molecule has 2 saturated heterocycles. The molecular formula is C21H20F2N2. The molecule has 2 N–H and O–H groups in total. The number of H-pyrrole nitrogens is 1. The maximum atomic E-state index is 13.8. The van der Waals surface area contributed by atoms with Gasteiger partial charge in [0.1, 0.15) is 11.6 Å². The number of halogens is 2. The molecule has 2 atom stereocenters. The van der Waals surface area contributed by atoms with Gasteiger partial charge in [0.15, 0.2) is 0 Å². The molecule has 2 aliphatic heterocycles. The summed E-state index contributed by atoms with van der Waals surface area (Å²) in [6.45, 7) is 0. The van der Waals surface area contributed by atoms with E-state index in [-0.39, 0.29) is 11.6 Å². The quantitative estimate of drug-likeness (QED) is 0.667. The largest absolute Gasteiger partial charge is 0.354 e. The van der Waals surface area contributed by atoms with Crippen molar-refractivity contribution in [2.75, 3.05) is 0 Å². The van der Waals surface area contributed by atoms with E-state index in [9.17, 15) is 8.78 Å². The standard InChI is InChI=1S/C21H20F2N2/c22-14-3-1-2-12(8-14)21-20(13-9-16-5-6-17(10-13)24-16)18-7-4-15(23)11-19(18)25-21/h1-4,7-8,11,13,16-17,24-25H,5-6,9-10H2. The van der Waals surface area contributed by atoms with E-state index in [1.807, 2.05) is 12.1 Å². The van der Waals surface area contributed by atoms with E-state index in [0.29, 0.717) is 18.0 Å². The lowest BCUT2D eigenvalue weighted by Crippen LogP contribution is -2.37. The third-order valence-electron chi connectivity index (χ3n) is 5.80. The molecule has 5 rings (SSSR count). The van der Waals surface area contributed by atoms with Gasteiger partial charge in [-0.25, -0.2) is 8.78 Å². The van der Waals surface area contributed by atoms with Crippen molar-refractivity contribution in [1.82, 2.24) is 10.3 Å². The van der Waals surface area contributed by atoms with Gasteiger partial charge in [0.2, 0.25) is 0 Å². The van der Waals surface area contributed by atoms with Crippen molar-refractivity contribution in [3.05, 3.63) is 59.7 Å². The van der Waals surface area contributed by atoms with Gasteiger partial charge in [-0.2, -0.15) is 0 Å². The maximum Gasteiger partial charge on any atom is 0.125 e. The Kier molecular flexibility index (Phi) is 3.42. The molecule has 0 aliphatic carbocycles. The fraction of sp³-hybridized carbons (Fsp3) is 0.333. The Morgan fingerprint density at radius 2 is 1.64 bits per heavy atom. The SMILES string of the molecule is Fc1cccc(-c2[nH]c3cc(F)ccc3c2C2CC3CCC(C2)N3)c1. The van der Waals surface area contributed by atoms with E-state index in [0.717, 1.165) is 35.0 Å². The zero-order valence-electron chi connectivity index (χ0n) is 13.9. The Bertz CT molecular complexity index is 934. The molecule has 2 unspecified atom stereocenters. The highest BCUT2D eigenvalue weighted by Crippen LogP contribution is 2.44. The number of aromatic amines is 1. The summed E-state index contributed by atoms with van der Waals surface area (Å²) in [5.41, 5.74) is 3.78. The fourth-order valence-electron chi connectivity index (χ4n) is 4.78. The summed E-state index contributed by atoms with van der Waals surface area (Å²) in [5, 5.41) is 4.74. The third-order valence-corrected chi connectivity index (χ3v) is 5.80. The highest BCUT2D eigenvalue weighted by Gasteiger charge is 2.36. The third kappa shape index (κ3) is 2.56. The van der Waals surface area contributed by atoms with E-state index in [1.54, 1.807) is 12.1 Å². The van der Waals surface area contributed by atoms with E-state index >= 15 is 0 Å². The maximum absolute atomic E-state index is 13.8. The normalized spacial score (nSPS) is 25.6. The minimum atomic E-state index is -0.253. The first-order chi connectivity index (χ1) is 12.2. The van der Waals surface area contributed by atoms with E-state index in [1.165, 1.54) is 36.6 Å². The molecule has 0 saturated carbocycles. The van der Waals surface area contributed by atoms with Crippen LogP contribution in [-0.2, 0) is 0 Å². The van der Waals surface area contributed by atoms with Gasteiger partial charge in [0, 0.05) is 28.6 Å². The van der Waals surface area contributed by atoms with Crippen molar-refractivity contribution in [3.63, 3.8) is 0 Å². The molecule has 128 valence electrons. The lowest BCUT2D eigenvalue weighted by Gasteiger charge is -2.30. The molecule has 1 aromatic heterocycles. The van der Waals surface area contributed by atoms with Crippen molar-refractivity contribution < 1.29 is 8.78 Å². The van der Waals surface area contributed by atoms with Gasteiger partial charge in [-0.15, -0.1) is 0 Å². The number of hydrogen-bond donors (Lipinski definition) is 2. The first-order valence-corrected chi connectivity index (χ1v) is 9.00.